The van der Waals surface area contributed by atoms with E-state index in [0.717, 1.165) is 6.42 Å². The highest BCUT2D eigenvalue weighted by atomic mass is 16.5. The minimum absolute atomic E-state index is 0.0554. The Kier molecular flexibility index (Phi) is 3.66. The highest BCUT2D eigenvalue weighted by molar-refractivity contribution is 5.97. The minimum Gasteiger partial charge on any atom is -0.461 e. The van der Waals surface area contributed by atoms with E-state index in [-0.39, 0.29) is 11.8 Å². The van der Waals surface area contributed by atoms with Gasteiger partial charge in [0.15, 0.2) is 5.78 Å². The molecule has 0 aliphatic heterocycles. The summed E-state index contributed by atoms with van der Waals surface area (Å²) in [5.74, 6) is -0.438. The second-order valence-corrected chi connectivity index (χ2v) is 3.42. The third-order valence-corrected chi connectivity index (χ3v) is 2.06. The monoisotopic (exact) mass is 209 g/mol. The van der Waals surface area contributed by atoms with Crippen LogP contribution in [-0.4, -0.2) is 22.9 Å². The molecule has 4 heteroatoms. The standard InChI is InChI=1S/C11H15NO3/c1-4-5-15-11(14)10-6-9(8(2)13)7-12(10)3/h6-7H,4-5H2,1-3H3. The number of aryl methyl sites for hydroxylation is 1. The molecule has 0 saturated heterocycles. The fraction of sp³-hybridized carbons (Fsp3) is 0.455. The lowest BCUT2D eigenvalue weighted by atomic mass is 10.2. The molecule has 0 unspecified atom stereocenters. The highest BCUT2D eigenvalue weighted by Gasteiger charge is 2.14. The third kappa shape index (κ3) is 2.68. The second kappa shape index (κ2) is 4.77. The van der Waals surface area contributed by atoms with Crippen molar-refractivity contribution < 1.29 is 14.3 Å². The molecule has 0 radical (unpaired) electrons. The summed E-state index contributed by atoms with van der Waals surface area (Å²) in [6, 6.07) is 1.56. The maximum absolute atomic E-state index is 11.5. The van der Waals surface area contributed by atoms with Crippen LogP contribution in [0.3, 0.4) is 0 Å². The molecule has 1 rings (SSSR count). The molecule has 0 N–H and O–H groups in total. The van der Waals surface area contributed by atoms with Gasteiger partial charge in [-0.15, -0.1) is 0 Å². The zero-order chi connectivity index (χ0) is 11.4. The van der Waals surface area contributed by atoms with E-state index < -0.39 is 0 Å². The molecule has 0 amide bonds. The Morgan fingerprint density at radius 2 is 2.13 bits per heavy atom. The van der Waals surface area contributed by atoms with Crippen molar-refractivity contribution in [2.24, 2.45) is 7.05 Å². The molecule has 0 bridgehead atoms. The van der Waals surface area contributed by atoms with Crippen molar-refractivity contribution in [3.05, 3.63) is 23.5 Å². The van der Waals surface area contributed by atoms with Gasteiger partial charge in [-0.2, -0.15) is 0 Å². The third-order valence-electron chi connectivity index (χ3n) is 2.06. The summed E-state index contributed by atoms with van der Waals surface area (Å²) in [5, 5.41) is 0. The Hall–Kier alpha value is -1.58. The van der Waals surface area contributed by atoms with Crippen molar-refractivity contribution >= 4 is 11.8 Å². The predicted molar refractivity (Wildman–Crippen MR) is 56.0 cm³/mol. The number of ketones is 1. The second-order valence-electron chi connectivity index (χ2n) is 3.42. The minimum atomic E-state index is -0.383. The molecule has 1 heterocycles. The van der Waals surface area contributed by atoms with E-state index in [4.69, 9.17) is 4.74 Å². The van der Waals surface area contributed by atoms with Gasteiger partial charge in [-0.05, 0) is 19.4 Å². The number of esters is 1. The maximum Gasteiger partial charge on any atom is 0.354 e. The highest BCUT2D eigenvalue weighted by Crippen LogP contribution is 2.09. The topological polar surface area (TPSA) is 48.3 Å². The molecule has 0 fully saturated rings. The summed E-state index contributed by atoms with van der Waals surface area (Å²) in [7, 11) is 1.72. The van der Waals surface area contributed by atoms with Crippen LogP contribution in [0.2, 0.25) is 0 Å². The normalized spacial score (nSPS) is 10.1. The lowest BCUT2D eigenvalue weighted by molar-refractivity contribution is 0.0494. The summed E-state index contributed by atoms with van der Waals surface area (Å²) in [6.45, 7) is 3.80. The van der Waals surface area contributed by atoms with Gasteiger partial charge < -0.3 is 9.30 Å². The fourth-order valence-corrected chi connectivity index (χ4v) is 1.23. The summed E-state index contributed by atoms with van der Waals surface area (Å²) in [6.07, 6.45) is 2.42. The van der Waals surface area contributed by atoms with E-state index in [2.05, 4.69) is 0 Å². The average Bonchev–Trinajstić information content (AvgIpc) is 2.57. The first-order valence-corrected chi connectivity index (χ1v) is 4.90. The fourth-order valence-electron chi connectivity index (χ4n) is 1.23. The molecule has 4 nitrogen and oxygen atoms in total. The summed E-state index contributed by atoms with van der Waals surface area (Å²) in [4.78, 5) is 22.6. The Morgan fingerprint density at radius 1 is 1.47 bits per heavy atom. The Labute approximate surface area is 88.8 Å². The number of Topliss-reactive ketones (excluding diaryl/α,β-unsaturated/α-hetero) is 1. The molecule has 0 aliphatic rings. The molecule has 15 heavy (non-hydrogen) atoms. The first kappa shape index (κ1) is 11.5. The molecular weight excluding hydrogens is 194 g/mol. The van der Waals surface area contributed by atoms with Crippen molar-refractivity contribution in [1.82, 2.24) is 4.57 Å². The Bertz CT molecular complexity index is 379. The van der Waals surface area contributed by atoms with E-state index in [0.29, 0.717) is 17.9 Å². The van der Waals surface area contributed by atoms with E-state index in [1.807, 2.05) is 6.92 Å². The molecule has 0 spiro atoms. The number of carbonyl (C=O) groups excluding carboxylic acids is 2. The zero-order valence-electron chi connectivity index (χ0n) is 9.24. The van der Waals surface area contributed by atoms with Crippen molar-refractivity contribution in [3.8, 4) is 0 Å². The molecule has 0 aliphatic carbocycles. The summed E-state index contributed by atoms with van der Waals surface area (Å²) >= 11 is 0. The Balaban J connectivity index is 2.85. The SMILES string of the molecule is CCCOC(=O)c1cc(C(C)=O)cn1C. The van der Waals surface area contributed by atoms with Crippen LogP contribution in [-0.2, 0) is 11.8 Å². The van der Waals surface area contributed by atoms with Gasteiger partial charge in [-0.3, -0.25) is 4.79 Å². The van der Waals surface area contributed by atoms with Gasteiger partial charge in [0, 0.05) is 18.8 Å². The van der Waals surface area contributed by atoms with Crippen molar-refractivity contribution in [2.45, 2.75) is 20.3 Å². The zero-order valence-corrected chi connectivity index (χ0v) is 9.24. The van der Waals surface area contributed by atoms with Crippen LogP contribution in [0.15, 0.2) is 12.3 Å². The number of hydrogen-bond acceptors (Lipinski definition) is 3. The molecule has 0 aromatic carbocycles. The van der Waals surface area contributed by atoms with Crippen molar-refractivity contribution in [1.29, 1.82) is 0 Å². The number of nitrogens with zero attached hydrogens (tertiary/aromatic N) is 1. The van der Waals surface area contributed by atoms with Crippen LogP contribution in [0.4, 0.5) is 0 Å². The Morgan fingerprint density at radius 3 is 2.60 bits per heavy atom. The molecule has 0 saturated carbocycles. The summed E-state index contributed by atoms with van der Waals surface area (Å²) < 4.78 is 6.59. The molecule has 1 aromatic heterocycles. The predicted octanol–water partition coefficient (Wildman–Crippen LogP) is 1.79. The van der Waals surface area contributed by atoms with E-state index >= 15 is 0 Å². The van der Waals surface area contributed by atoms with Crippen LogP contribution in [0.1, 0.15) is 41.1 Å². The number of rotatable bonds is 4. The van der Waals surface area contributed by atoms with Gasteiger partial charge in [0.1, 0.15) is 5.69 Å². The van der Waals surface area contributed by atoms with Crippen LogP contribution in [0, 0.1) is 0 Å². The lowest BCUT2D eigenvalue weighted by Gasteiger charge is -2.02. The van der Waals surface area contributed by atoms with Crippen LogP contribution in [0.5, 0.6) is 0 Å². The van der Waals surface area contributed by atoms with Crippen LogP contribution >= 0.6 is 0 Å². The first-order chi connectivity index (χ1) is 7.06. The van der Waals surface area contributed by atoms with Gasteiger partial charge in [0.05, 0.1) is 6.61 Å². The molecule has 82 valence electrons. The van der Waals surface area contributed by atoms with E-state index in [9.17, 15) is 9.59 Å². The van der Waals surface area contributed by atoms with Crippen LogP contribution in [0.25, 0.3) is 0 Å². The average molecular weight is 209 g/mol. The molecule has 1 aromatic rings. The largest absolute Gasteiger partial charge is 0.461 e. The number of carbonyl (C=O) groups is 2. The van der Waals surface area contributed by atoms with Gasteiger partial charge >= 0.3 is 5.97 Å². The van der Waals surface area contributed by atoms with Crippen molar-refractivity contribution in [3.63, 3.8) is 0 Å². The van der Waals surface area contributed by atoms with Gasteiger partial charge in [0.2, 0.25) is 0 Å². The van der Waals surface area contributed by atoms with E-state index in [1.165, 1.54) is 6.92 Å². The number of ether oxygens (including phenoxy) is 1. The molecule has 0 atom stereocenters. The smallest absolute Gasteiger partial charge is 0.354 e. The summed E-state index contributed by atoms with van der Waals surface area (Å²) in [5.41, 5.74) is 0.939. The van der Waals surface area contributed by atoms with Gasteiger partial charge in [-0.1, -0.05) is 6.92 Å². The first-order valence-electron chi connectivity index (χ1n) is 4.90. The quantitative estimate of drug-likeness (QED) is 0.561. The van der Waals surface area contributed by atoms with E-state index in [1.54, 1.807) is 23.9 Å². The van der Waals surface area contributed by atoms with Gasteiger partial charge in [-0.25, -0.2) is 4.79 Å². The number of aromatic nitrogens is 1. The van der Waals surface area contributed by atoms with Gasteiger partial charge in [0.25, 0.3) is 0 Å². The van der Waals surface area contributed by atoms with Crippen molar-refractivity contribution in [2.75, 3.05) is 6.61 Å². The lowest BCUT2D eigenvalue weighted by Crippen LogP contribution is -2.09. The molecular formula is C11H15NO3. The van der Waals surface area contributed by atoms with Crippen LogP contribution < -0.4 is 0 Å². The maximum atomic E-state index is 11.5. The number of hydrogen-bond donors (Lipinski definition) is 0.